The summed E-state index contributed by atoms with van der Waals surface area (Å²) < 4.78 is 9.03. The zero-order valence-electron chi connectivity index (χ0n) is 31.0. The fourth-order valence-electron chi connectivity index (χ4n) is 8.55. The van der Waals surface area contributed by atoms with Crippen molar-refractivity contribution in [3.8, 4) is 44.5 Å². The quantitative estimate of drug-likeness (QED) is 0.162. The maximum absolute atomic E-state index is 6.49. The van der Waals surface area contributed by atoms with E-state index in [0.29, 0.717) is 0 Å². The molecule has 0 aliphatic carbocycles. The minimum atomic E-state index is 0.903. The highest BCUT2D eigenvalue weighted by Gasteiger charge is 2.25. The van der Waals surface area contributed by atoms with Crippen LogP contribution < -0.4 is 4.90 Å². The van der Waals surface area contributed by atoms with Gasteiger partial charge in [-0.05, 0) is 75.8 Å². The van der Waals surface area contributed by atoms with Gasteiger partial charge in [-0.15, -0.1) is 11.3 Å². The molecule has 0 aliphatic heterocycles. The lowest BCUT2D eigenvalue weighted by molar-refractivity contribution is 0.670. The van der Waals surface area contributed by atoms with Crippen LogP contribution in [0.25, 0.3) is 86.6 Å². The molecule has 57 heavy (non-hydrogen) atoms. The molecule has 0 aliphatic rings. The maximum Gasteiger partial charge on any atom is 0.143 e. The number of fused-ring (bicyclic) bond motifs is 6. The van der Waals surface area contributed by atoms with E-state index in [1.807, 2.05) is 23.5 Å². The van der Waals surface area contributed by atoms with Gasteiger partial charge in [0.05, 0.1) is 11.4 Å². The highest BCUT2D eigenvalue weighted by Crippen LogP contribution is 2.51. The van der Waals surface area contributed by atoms with Gasteiger partial charge in [0.25, 0.3) is 0 Å². The van der Waals surface area contributed by atoms with Gasteiger partial charge in [0.2, 0.25) is 0 Å². The van der Waals surface area contributed by atoms with E-state index in [1.165, 1.54) is 53.6 Å². The van der Waals surface area contributed by atoms with Gasteiger partial charge in [0, 0.05) is 47.8 Å². The molecule has 0 unspecified atom stereocenters. The predicted octanol–water partition coefficient (Wildman–Crippen LogP) is 16.1. The molecule has 2 nitrogen and oxygen atoms in total. The van der Waals surface area contributed by atoms with Crippen LogP contribution in [-0.2, 0) is 0 Å². The molecule has 0 bridgehead atoms. The largest absolute Gasteiger partial charge is 0.455 e. The molecule has 2 aromatic heterocycles. The second-order valence-corrected chi connectivity index (χ2v) is 15.5. The number of rotatable bonds is 7. The summed E-state index contributed by atoms with van der Waals surface area (Å²) in [5, 5.41) is 4.78. The average molecular weight is 746 g/mol. The number of anilines is 3. The topological polar surface area (TPSA) is 16.4 Å². The lowest BCUT2D eigenvalue weighted by Crippen LogP contribution is -2.12. The summed E-state index contributed by atoms with van der Waals surface area (Å²) in [6.07, 6.45) is 0. The monoisotopic (exact) mass is 745 g/mol. The number of hydrogen-bond donors (Lipinski definition) is 0. The first-order valence-electron chi connectivity index (χ1n) is 19.3. The lowest BCUT2D eigenvalue weighted by atomic mass is 9.87. The van der Waals surface area contributed by atoms with Crippen LogP contribution in [0, 0.1) is 0 Å². The van der Waals surface area contributed by atoms with Crippen LogP contribution in [0.5, 0.6) is 0 Å². The Morgan fingerprint density at radius 3 is 1.70 bits per heavy atom. The molecule has 0 fully saturated rings. The third-order valence-electron chi connectivity index (χ3n) is 11.1. The summed E-state index contributed by atoms with van der Waals surface area (Å²) in [6, 6.07) is 76.5. The second kappa shape index (κ2) is 13.8. The fraction of sp³-hybridized carbons (Fsp3) is 0. The zero-order chi connectivity index (χ0) is 37.7. The van der Waals surface area contributed by atoms with Gasteiger partial charge in [-0.1, -0.05) is 170 Å². The number of benzene rings is 9. The summed E-state index contributed by atoms with van der Waals surface area (Å²) in [7, 11) is 0. The minimum Gasteiger partial charge on any atom is -0.455 e. The minimum absolute atomic E-state index is 0.903. The molecule has 2 heterocycles. The first-order chi connectivity index (χ1) is 28.3. The predicted molar refractivity (Wildman–Crippen MR) is 243 cm³/mol. The fourth-order valence-corrected chi connectivity index (χ4v) is 9.68. The van der Waals surface area contributed by atoms with Crippen molar-refractivity contribution < 1.29 is 4.42 Å². The Labute approximate surface area is 335 Å². The van der Waals surface area contributed by atoms with Gasteiger partial charge in [0.1, 0.15) is 11.2 Å². The summed E-state index contributed by atoms with van der Waals surface area (Å²) in [4.78, 5) is 2.48. The van der Waals surface area contributed by atoms with E-state index < -0.39 is 0 Å². The summed E-state index contributed by atoms with van der Waals surface area (Å²) in [6.45, 7) is 0. The van der Waals surface area contributed by atoms with Gasteiger partial charge >= 0.3 is 0 Å². The van der Waals surface area contributed by atoms with Crippen LogP contribution in [-0.4, -0.2) is 0 Å². The number of hydrogen-bond acceptors (Lipinski definition) is 3. The Balaban J connectivity index is 1.19. The maximum atomic E-state index is 6.49. The summed E-state index contributed by atoms with van der Waals surface area (Å²) in [5.74, 6) is 0. The van der Waals surface area contributed by atoms with Crippen molar-refractivity contribution in [2.24, 2.45) is 0 Å². The van der Waals surface area contributed by atoms with Gasteiger partial charge in [-0.25, -0.2) is 0 Å². The Kier molecular flexibility index (Phi) is 8.04. The molecular weight excluding hydrogens is 711 g/mol. The van der Waals surface area contributed by atoms with Crippen molar-refractivity contribution >= 4 is 70.5 Å². The van der Waals surface area contributed by atoms with Crippen molar-refractivity contribution in [2.45, 2.75) is 0 Å². The molecule has 0 amide bonds. The highest BCUT2D eigenvalue weighted by atomic mass is 32.1. The van der Waals surface area contributed by atoms with Crippen molar-refractivity contribution in [1.29, 1.82) is 0 Å². The molecule has 11 aromatic rings. The molecule has 11 rings (SSSR count). The van der Waals surface area contributed by atoms with Crippen molar-refractivity contribution in [2.75, 3.05) is 4.90 Å². The van der Waals surface area contributed by atoms with E-state index in [4.69, 9.17) is 4.42 Å². The number of nitrogens with zero attached hydrogens (tertiary/aromatic N) is 1. The van der Waals surface area contributed by atoms with Gasteiger partial charge in [-0.3, -0.25) is 0 Å². The first kappa shape index (κ1) is 33.2. The molecule has 9 aromatic carbocycles. The van der Waals surface area contributed by atoms with Crippen LogP contribution in [0.15, 0.2) is 217 Å². The van der Waals surface area contributed by atoms with E-state index in [-0.39, 0.29) is 0 Å². The summed E-state index contributed by atoms with van der Waals surface area (Å²) >= 11 is 1.85. The second-order valence-electron chi connectivity index (χ2n) is 14.4. The van der Waals surface area contributed by atoms with Crippen LogP contribution in [0.1, 0.15) is 0 Å². The van der Waals surface area contributed by atoms with E-state index in [2.05, 4.69) is 205 Å². The molecule has 0 radical (unpaired) electrons. The molecule has 0 saturated heterocycles. The van der Waals surface area contributed by atoms with E-state index >= 15 is 0 Å². The third kappa shape index (κ3) is 5.63. The molecule has 3 heteroatoms. The van der Waals surface area contributed by atoms with E-state index in [1.54, 1.807) is 0 Å². The standard InChI is InChI=1S/C54H35NOS/c1-3-16-36(17-4-1)40-20-7-8-22-44(40)52-41(37-18-5-2-6-19-37)24-14-27-47(52)55(48-28-15-31-51-53(48)46-23-10-12-30-50(46)57-51)39-34-32-38(33-35-39)42-25-13-26-45-43-21-9-11-29-49(43)56-54(42)45/h1-35H. The molecule has 268 valence electrons. The Bertz CT molecular complexity index is 3230. The van der Waals surface area contributed by atoms with Crippen molar-refractivity contribution in [3.05, 3.63) is 212 Å². The smallest absolute Gasteiger partial charge is 0.143 e. The first-order valence-corrected chi connectivity index (χ1v) is 20.2. The number of thiophene rings is 1. The van der Waals surface area contributed by atoms with Crippen LogP contribution in [0.4, 0.5) is 17.1 Å². The summed E-state index contributed by atoms with van der Waals surface area (Å²) in [5.41, 5.74) is 14.4. The van der Waals surface area contributed by atoms with Crippen molar-refractivity contribution in [1.82, 2.24) is 0 Å². The molecule has 0 N–H and O–H groups in total. The van der Waals surface area contributed by atoms with E-state index in [9.17, 15) is 0 Å². The zero-order valence-corrected chi connectivity index (χ0v) is 31.8. The average Bonchev–Trinajstić information content (AvgIpc) is 3.87. The third-order valence-corrected chi connectivity index (χ3v) is 12.2. The van der Waals surface area contributed by atoms with Crippen LogP contribution in [0.2, 0.25) is 0 Å². The van der Waals surface area contributed by atoms with Gasteiger partial charge in [0.15, 0.2) is 0 Å². The van der Waals surface area contributed by atoms with Gasteiger partial charge in [-0.2, -0.15) is 0 Å². The van der Waals surface area contributed by atoms with Gasteiger partial charge < -0.3 is 9.32 Å². The van der Waals surface area contributed by atoms with Crippen LogP contribution in [0.3, 0.4) is 0 Å². The lowest BCUT2D eigenvalue weighted by Gasteiger charge is -2.30. The molecule has 0 saturated carbocycles. The Morgan fingerprint density at radius 2 is 0.895 bits per heavy atom. The Hall–Kier alpha value is -7.20. The van der Waals surface area contributed by atoms with Crippen molar-refractivity contribution in [3.63, 3.8) is 0 Å². The normalized spacial score (nSPS) is 11.5. The number of para-hydroxylation sites is 2. The highest BCUT2D eigenvalue weighted by molar-refractivity contribution is 7.26. The Morgan fingerprint density at radius 1 is 0.351 bits per heavy atom. The molecular formula is C54H35NOS. The molecule has 0 atom stereocenters. The number of furan rings is 1. The van der Waals surface area contributed by atoms with E-state index in [0.717, 1.165) is 50.1 Å². The SMILES string of the molecule is c1ccc(-c2ccccc2-c2c(-c3ccccc3)cccc2N(c2ccc(-c3cccc4c3oc3ccccc34)cc2)c2cccc3sc4ccccc4c23)cc1. The van der Waals surface area contributed by atoms with Crippen LogP contribution >= 0.6 is 11.3 Å². The molecule has 0 spiro atoms.